The van der Waals surface area contributed by atoms with Crippen LogP contribution >= 0.6 is 15.9 Å². The standard InChI is InChI=1S/C20H18BrNO2/c1-13(2)24-19-11-10-15(12-17(19)21)20(23)22-18-9-5-7-14-6-3-4-8-16(14)18/h3-13H,1-2H3,(H,22,23). The Hall–Kier alpha value is -2.33. The molecule has 122 valence electrons. The molecule has 1 amide bonds. The third-order valence-corrected chi connectivity index (χ3v) is 4.21. The fourth-order valence-corrected chi connectivity index (χ4v) is 2.99. The first kappa shape index (κ1) is 16.5. The molecule has 0 heterocycles. The van der Waals surface area contributed by atoms with Crippen LogP contribution in [0.4, 0.5) is 5.69 Å². The molecule has 3 aromatic rings. The highest BCUT2D eigenvalue weighted by Gasteiger charge is 2.11. The second-order valence-electron chi connectivity index (χ2n) is 5.79. The van der Waals surface area contributed by atoms with E-state index in [4.69, 9.17) is 4.74 Å². The van der Waals surface area contributed by atoms with Crippen molar-refractivity contribution < 1.29 is 9.53 Å². The minimum Gasteiger partial charge on any atom is -0.490 e. The van der Waals surface area contributed by atoms with E-state index in [0.717, 1.165) is 26.7 Å². The van der Waals surface area contributed by atoms with Crippen molar-refractivity contribution in [1.29, 1.82) is 0 Å². The Morgan fingerprint density at radius 2 is 1.79 bits per heavy atom. The summed E-state index contributed by atoms with van der Waals surface area (Å²) >= 11 is 3.46. The van der Waals surface area contributed by atoms with Crippen LogP contribution in [0.5, 0.6) is 5.75 Å². The average Bonchev–Trinajstić information content (AvgIpc) is 2.56. The average molecular weight is 384 g/mol. The molecule has 0 saturated carbocycles. The van der Waals surface area contributed by atoms with Crippen LogP contribution in [0.15, 0.2) is 65.1 Å². The first-order chi connectivity index (χ1) is 11.5. The monoisotopic (exact) mass is 383 g/mol. The summed E-state index contributed by atoms with van der Waals surface area (Å²) in [6.07, 6.45) is 0.0802. The molecule has 0 aliphatic rings. The van der Waals surface area contributed by atoms with Gasteiger partial charge in [0, 0.05) is 16.6 Å². The number of hydrogen-bond donors (Lipinski definition) is 1. The van der Waals surface area contributed by atoms with Crippen LogP contribution in [-0.2, 0) is 0 Å². The number of ether oxygens (including phenoxy) is 1. The summed E-state index contributed by atoms with van der Waals surface area (Å²) in [5, 5.41) is 5.10. The number of carbonyl (C=O) groups excluding carboxylic acids is 1. The maximum absolute atomic E-state index is 12.6. The number of carbonyl (C=O) groups is 1. The number of nitrogens with one attached hydrogen (secondary N) is 1. The largest absolute Gasteiger partial charge is 0.490 e. The fourth-order valence-electron chi connectivity index (χ4n) is 2.52. The van der Waals surface area contributed by atoms with Gasteiger partial charge in [0.2, 0.25) is 0 Å². The molecule has 0 aromatic heterocycles. The van der Waals surface area contributed by atoms with E-state index >= 15 is 0 Å². The first-order valence-corrected chi connectivity index (χ1v) is 8.59. The van der Waals surface area contributed by atoms with Gasteiger partial charge in [0.15, 0.2) is 0 Å². The molecule has 0 fully saturated rings. The Labute approximate surface area is 149 Å². The lowest BCUT2D eigenvalue weighted by Gasteiger charge is -2.13. The van der Waals surface area contributed by atoms with Crippen molar-refractivity contribution >= 4 is 38.3 Å². The highest BCUT2D eigenvalue weighted by molar-refractivity contribution is 9.10. The van der Waals surface area contributed by atoms with Gasteiger partial charge in [-0.3, -0.25) is 4.79 Å². The van der Waals surface area contributed by atoms with Crippen LogP contribution in [0.3, 0.4) is 0 Å². The number of fused-ring (bicyclic) bond motifs is 1. The Balaban J connectivity index is 1.85. The Bertz CT molecular complexity index is 884. The normalized spacial score (nSPS) is 10.8. The van der Waals surface area contributed by atoms with Crippen molar-refractivity contribution in [3.63, 3.8) is 0 Å². The molecule has 3 aromatic carbocycles. The molecule has 0 saturated heterocycles. The SMILES string of the molecule is CC(C)Oc1ccc(C(=O)Nc2cccc3ccccc23)cc1Br. The Morgan fingerprint density at radius 1 is 1.04 bits per heavy atom. The summed E-state index contributed by atoms with van der Waals surface area (Å²) in [5.74, 6) is 0.579. The molecular formula is C20H18BrNO2. The first-order valence-electron chi connectivity index (χ1n) is 7.80. The lowest BCUT2D eigenvalue weighted by atomic mass is 10.1. The van der Waals surface area contributed by atoms with Crippen LogP contribution in [-0.4, -0.2) is 12.0 Å². The van der Waals surface area contributed by atoms with Gasteiger partial charge in [-0.05, 0) is 59.4 Å². The smallest absolute Gasteiger partial charge is 0.255 e. The van der Waals surface area contributed by atoms with Gasteiger partial charge in [-0.15, -0.1) is 0 Å². The molecule has 0 radical (unpaired) electrons. The molecule has 1 N–H and O–H groups in total. The molecule has 3 nitrogen and oxygen atoms in total. The highest BCUT2D eigenvalue weighted by Crippen LogP contribution is 2.28. The maximum Gasteiger partial charge on any atom is 0.255 e. The van der Waals surface area contributed by atoms with Crippen LogP contribution in [0, 0.1) is 0 Å². The van der Waals surface area contributed by atoms with E-state index in [2.05, 4.69) is 21.2 Å². The van der Waals surface area contributed by atoms with Crippen LogP contribution in [0.2, 0.25) is 0 Å². The predicted octanol–water partition coefficient (Wildman–Crippen LogP) is 5.64. The zero-order valence-electron chi connectivity index (χ0n) is 13.5. The van der Waals surface area contributed by atoms with Crippen molar-refractivity contribution in [3.05, 3.63) is 70.7 Å². The van der Waals surface area contributed by atoms with Crippen LogP contribution < -0.4 is 10.1 Å². The molecule has 0 aliphatic heterocycles. The number of rotatable bonds is 4. The molecular weight excluding hydrogens is 366 g/mol. The number of anilines is 1. The van der Waals surface area contributed by atoms with Crippen LogP contribution in [0.25, 0.3) is 10.8 Å². The summed E-state index contributed by atoms with van der Waals surface area (Å²) in [6, 6.07) is 19.2. The lowest BCUT2D eigenvalue weighted by molar-refractivity contribution is 0.102. The number of amides is 1. The van der Waals surface area contributed by atoms with Gasteiger partial charge < -0.3 is 10.1 Å². The Kier molecular flexibility index (Phi) is 4.86. The quantitative estimate of drug-likeness (QED) is 0.632. The van der Waals surface area contributed by atoms with Gasteiger partial charge in [0.1, 0.15) is 5.75 Å². The summed E-state index contributed by atoms with van der Waals surface area (Å²) in [7, 11) is 0. The predicted molar refractivity (Wildman–Crippen MR) is 102 cm³/mol. The fraction of sp³-hybridized carbons (Fsp3) is 0.150. The van der Waals surface area contributed by atoms with E-state index in [1.807, 2.05) is 62.4 Å². The molecule has 0 aliphatic carbocycles. The third-order valence-electron chi connectivity index (χ3n) is 3.59. The van der Waals surface area contributed by atoms with Crippen molar-refractivity contribution in [2.24, 2.45) is 0 Å². The summed E-state index contributed by atoms with van der Waals surface area (Å²) in [5.41, 5.74) is 1.38. The minimum atomic E-state index is -0.150. The van der Waals surface area contributed by atoms with Crippen molar-refractivity contribution in [3.8, 4) is 5.75 Å². The lowest BCUT2D eigenvalue weighted by Crippen LogP contribution is -2.12. The molecule has 0 bridgehead atoms. The zero-order valence-corrected chi connectivity index (χ0v) is 15.1. The summed E-state index contributed by atoms with van der Waals surface area (Å²) < 4.78 is 6.44. The molecule has 0 unspecified atom stereocenters. The summed E-state index contributed by atoms with van der Waals surface area (Å²) in [4.78, 5) is 12.6. The van der Waals surface area contributed by atoms with Gasteiger partial charge in [-0.2, -0.15) is 0 Å². The van der Waals surface area contributed by atoms with E-state index in [1.165, 1.54) is 0 Å². The summed E-state index contributed by atoms with van der Waals surface area (Å²) in [6.45, 7) is 3.93. The highest BCUT2D eigenvalue weighted by atomic mass is 79.9. The van der Waals surface area contributed by atoms with Gasteiger partial charge >= 0.3 is 0 Å². The zero-order chi connectivity index (χ0) is 17.1. The van der Waals surface area contributed by atoms with Crippen molar-refractivity contribution in [2.45, 2.75) is 20.0 Å². The van der Waals surface area contributed by atoms with E-state index in [9.17, 15) is 4.79 Å². The van der Waals surface area contributed by atoms with E-state index in [0.29, 0.717) is 5.56 Å². The molecule has 3 rings (SSSR count). The maximum atomic E-state index is 12.6. The van der Waals surface area contributed by atoms with Gasteiger partial charge in [-0.1, -0.05) is 36.4 Å². The number of halogens is 1. The third kappa shape index (κ3) is 3.60. The topological polar surface area (TPSA) is 38.3 Å². The second-order valence-corrected chi connectivity index (χ2v) is 6.65. The van der Waals surface area contributed by atoms with Crippen LogP contribution in [0.1, 0.15) is 24.2 Å². The van der Waals surface area contributed by atoms with Crippen molar-refractivity contribution in [2.75, 3.05) is 5.32 Å². The van der Waals surface area contributed by atoms with Crippen molar-refractivity contribution in [1.82, 2.24) is 0 Å². The van der Waals surface area contributed by atoms with E-state index in [1.54, 1.807) is 12.1 Å². The van der Waals surface area contributed by atoms with Gasteiger partial charge in [0.05, 0.1) is 10.6 Å². The second kappa shape index (κ2) is 7.05. The van der Waals surface area contributed by atoms with Gasteiger partial charge in [0.25, 0.3) is 5.91 Å². The van der Waals surface area contributed by atoms with E-state index < -0.39 is 0 Å². The molecule has 24 heavy (non-hydrogen) atoms. The Morgan fingerprint density at radius 3 is 2.54 bits per heavy atom. The molecule has 4 heteroatoms. The number of benzene rings is 3. The molecule has 0 atom stereocenters. The van der Waals surface area contributed by atoms with E-state index in [-0.39, 0.29) is 12.0 Å². The van der Waals surface area contributed by atoms with Gasteiger partial charge in [-0.25, -0.2) is 0 Å². The number of hydrogen-bond acceptors (Lipinski definition) is 2. The minimum absolute atomic E-state index is 0.0802. The molecule has 0 spiro atoms.